The molecule has 0 amide bonds. The Morgan fingerprint density at radius 3 is 2.46 bits per heavy atom. The normalized spacial score (nSPS) is 18.9. The summed E-state index contributed by atoms with van der Waals surface area (Å²) in [5.74, 6) is 0.716. The van der Waals surface area contributed by atoms with E-state index in [2.05, 4.69) is 77.7 Å². The molecule has 0 saturated carbocycles. The number of benzene rings is 2. The van der Waals surface area contributed by atoms with Crippen molar-refractivity contribution in [2.75, 3.05) is 19.6 Å². The highest BCUT2D eigenvalue weighted by atomic mass is 15.1. The highest BCUT2D eigenvalue weighted by molar-refractivity contribution is 5.49. The van der Waals surface area contributed by atoms with Gasteiger partial charge in [0, 0.05) is 6.54 Å². The standard InChI is InChI=1S/C23H29N/c1-3-10-21(11-4-1)14-7-8-18-24-19-9-15-23(20-24)17-16-22-12-5-2-6-13-22/h1-6,10-13,16-17,23H,7-9,14-15,18-20H2/b17-16-. The molecule has 1 nitrogen and oxygen atoms in total. The lowest BCUT2D eigenvalue weighted by molar-refractivity contribution is 0.194. The average molecular weight is 319 g/mol. The second-order valence-electron chi connectivity index (χ2n) is 6.92. The first-order valence-corrected chi connectivity index (χ1v) is 9.40. The van der Waals surface area contributed by atoms with Crippen LogP contribution in [-0.2, 0) is 6.42 Å². The van der Waals surface area contributed by atoms with Gasteiger partial charge in [-0.25, -0.2) is 0 Å². The number of hydrogen-bond acceptors (Lipinski definition) is 1. The zero-order valence-corrected chi connectivity index (χ0v) is 14.6. The van der Waals surface area contributed by atoms with Crippen molar-refractivity contribution in [3.05, 3.63) is 77.9 Å². The number of rotatable bonds is 7. The largest absolute Gasteiger partial charge is 0.303 e. The van der Waals surface area contributed by atoms with E-state index in [0.717, 1.165) is 0 Å². The first kappa shape index (κ1) is 17.0. The zero-order valence-electron chi connectivity index (χ0n) is 14.6. The van der Waals surface area contributed by atoms with Gasteiger partial charge in [-0.2, -0.15) is 0 Å². The molecule has 0 aromatic heterocycles. The van der Waals surface area contributed by atoms with Crippen LogP contribution in [0.5, 0.6) is 0 Å². The number of piperidine rings is 1. The summed E-state index contributed by atoms with van der Waals surface area (Å²) in [6.07, 6.45) is 11.2. The quantitative estimate of drug-likeness (QED) is 0.615. The fourth-order valence-corrected chi connectivity index (χ4v) is 3.57. The molecule has 0 aliphatic carbocycles. The highest BCUT2D eigenvalue weighted by Gasteiger charge is 2.17. The molecule has 1 saturated heterocycles. The Balaban J connectivity index is 1.38. The molecule has 1 heterocycles. The fourth-order valence-electron chi connectivity index (χ4n) is 3.57. The first-order valence-electron chi connectivity index (χ1n) is 9.40. The third-order valence-electron chi connectivity index (χ3n) is 4.93. The van der Waals surface area contributed by atoms with Crippen molar-refractivity contribution in [3.63, 3.8) is 0 Å². The molecular formula is C23H29N. The van der Waals surface area contributed by atoms with Crippen LogP contribution in [0.2, 0.25) is 0 Å². The summed E-state index contributed by atoms with van der Waals surface area (Å²) < 4.78 is 0. The van der Waals surface area contributed by atoms with Gasteiger partial charge in [-0.15, -0.1) is 0 Å². The van der Waals surface area contributed by atoms with Crippen molar-refractivity contribution in [2.45, 2.75) is 32.1 Å². The summed E-state index contributed by atoms with van der Waals surface area (Å²) in [5.41, 5.74) is 2.79. The summed E-state index contributed by atoms with van der Waals surface area (Å²) in [6.45, 7) is 3.76. The molecule has 1 aliphatic rings. The van der Waals surface area contributed by atoms with E-state index in [-0.39, 0.29) is 0 Å². The van der Waals surface area contributed by atoms with Gasteiger partial charge < -0.3 is 4.90 Å². The summed E-state index contributed by atoms with van der Waals surface area (Å²) in [7, 11) is 0. The van der Waals surface area contributed by atoms with Gasteiger partial charge in [-0.05, 0) is 62.2 Å². The molecule has 1 atom stereocenters. The van der Waals surface area contributed by atoms with Gasteiger partial charge in [0.15, 0.2) is 0 Å². The Morgan fingerprint density at radius 2 is 1.67 bits per heavy atom. The second-order valence-corrected chi connectivity index (χ2v) is 6.92. The lowest BCUT2D eigenvalue weighted by atomic mass is 9.96. The number of hydrogen-bond donors (Lipinski definition) is 0. The van der Waals surface area contributed by atoms with Crippen LogP contribution < -0.4 is 0 Å². The Kier molecular flexibility index (Phi) is 6.68. The number of nitrogens with zero attached hydrogens (tertiary/aromatic N) is 1. The van der Waals surface area contributed by atoms with E-state index < -0.39 is 0 Å². The molecule has 2 aromatic rings. The minimum absolute atomic E-state index is 0.716. The Hall–Kier alpha value is -1.86. The van der Waals surface area contributed by atoms with Gasteiger partial charge in [0.05, 0.1) is 0 Å². The van der Waals surface area contributed by atoms with Crippen LogP contribution in [-0.4, -0.2) is 24.5 Å². The van der Waals surface area contributed by atoms with Gasteiger partial charge in [0.2, 0.25) is 0 Å². The van der Waals surface area contributed by atoms with Crippen LogP contribution in [0.25, 0.3) is 6.08 Å². The van der Waals surface area contributed by atoms with E-state index in [1.165, 1.54) is 62.9 Å². The van der Waals surface area contributed by atoms with Crippen LogP contribution in [0, 0.1) is 5.92 Å². The predicted octanol–water partition coefficient (Wildman–Crippen LogP) is 5.43. The monoisotopic (exact) mass is 319 g/mol. The fraction of sp³-hybridized carbons (Fsp3) is 0.391. The molecule has 0 spiro atoms. The summed E-state index contributed by atoms with van der Waals surface area (Å²) in [6, 6.07) is 21.5. The molecule has 24 heavy (non-hydrogen) atoms. The summed E-state index contributed by atoms with van der Waals surface area (Å²) in [5, 5.41) is 0. The number of unbranched alkanes of at least 4 members (excludes halogenated alkanes) is 1. The molecule has 126 valence electrons. The van der Waals surface area contributed by atoms with Crippen molar-refractivity contribution in [2.24, 2.45) is 5.92 Å². The first-order chi connectivity index (χ1) is 11.9. The van der Waals surface area contributed by atoms with Crippen molar-refractivity contribution >= 4 is 6.08 Å². The van der Waals surface area contributed by atoms with E-state index in [4.69, 9.17) is 0 Å². The van der Waals surface area contributed by atoms with Gasteiger partial charge in [-0.1, -0.05) is 72.8 Å². The van der Waals surface area contributed by atoms with E-state index in [0.29, 0.717) is 5.92 Å². The molecular weight excluding hydrogens is 290 g/mol. The molecule has 1 heteroatoms. The van der Waals surface area contributed by atoms with Gasteiger partial charge in [0.1, 0.15) is 0 Å². The average Bonchev–Trinajstić information content (AvgIpc) is 2.66. The van der Waals surface area contributed by atoms with Crippen molar-refractivity contribution in [1.82, 2.24) is 4.90 Å². The molecule has 0 bridgehead atoms. The second kappa shape index (κ2) is 9.44. The maximum absolute atomic E-state index is 2.66. The van der Waals surface area contributed by atoms with Crippen LogP contribution in [0.1, 0.15) is 36.8 Å². The lowest BCUT2D eigenvalue weighted by Crippen LogP contribution is -2.35. The van der Waals surface area contributed by atoms with Crippen molar-refractivity contribution in [1.29, 1.82) is 0 Å². The van der Waals surface area contributed by atoms with Crippen molar-refractivity contribution in [3.8, 4) is 0 Å². The maximum Gasteiger partial charge on any atom is 0.00444 e. The Labute approximate surface area is 147 Å². The van der Waals surface area contributed by atoms with E-state index >= 15 is 0 Å². The van der Waals surface area contributed by atoms with Gasteiger partial charge in [0.25, 0.3) is 0 Å². The van der Waals surface area contributed by atoms with Gasteiger partial charge >= 0.3 is 0 Å². The SMILES string of the molecule is C(=C/C1CCCN(CCCCc2ccccc2)C1)/c1ccccc1. The van der Waals surface area contributed by atoms with Gasteiger partial charge in [-0.3, -0.25) is 0 Å². The van der Waals surface area contributed by atoms with Crippen LogP contribution >= 0.6 is 0 Å². The third kappa shape index (κ3) is 5.65. The van der Waals surface area contributed by atoms with E-state index in [9.17, 15) is 0 Å². The van der Waals surface area contributed by atoms with E-state index in [1.807, 2.05) is 0 Å². The topological polar surface area (TPSA) is 3.24 Å². The summed E-state index contributed by atoms with van der Waals surface area (Å²) >= 11 is 0. The van der Waals surface area contributed by atoms with Crippen molar-refractivity contribution < 1.29 is 0 Å². The minimum atomic E-state index is 0.716. The Bertz CT molecular complexity index is 602. The zero-order chi connectivity index (χ0) is 16.5. The predicted molar refractivity (Wildman–Crippen MR) is 104 cm³/mol. The van der Waals surface area contributed by atoms with Crippen LogP contribution in [0.15, 0.2) is 66.7 Å². The Morgan fingerprint density at radius 1 is 0.917 bits per heavy atom. The summed E-state index contributed by atoms with van der Waals surface area (Å²) in [4.78, 5) is 2.66. The molecule has 1 aliphatic heterocycles. The van der Waals surface area contributed by atoms with Crippen LogP contribution in [0.4, 0.5) is 0 Å². The van der Waals surface area contributed by atoms with Crippen LogP contribution in [0.3, 0.4) is 0 Å². The lowest BCUT2D eigenvalue weighted by Gasteiger charge is -2.31. The molecule has 2 aromatic carbocycles. The molecule has 0 N–H and O–H groups in total. The highest BCUT2D eigenvalue weighted by Crippen LogP contribution is 2.19. The minimum Gasteiger partial charge on any atom is -0.303 e. The molecule has 1 unspecified atom stereocenters. The third-order valence-corrected chi connectivity index (χ3v) is 4.93. The van der Waals surface area contributed by atoms with E-state index in [1.54, 1.807) is 0 Å². The number of likely N-dealkylation sites (tertiary alicyclic amines) is 1. The molecule has 0 radical (unpaired) electrons. The molecule has 3 rings (SSSR count). The number of aryl methyl sites for hydroxylation is 1. The molecule has 1 fully saturated rings. The maximum atomic E-state index is 2.66. The smallest absolute Gasteiger partial charge is 0.00444 e.